The van der Waals surface area contributed by atoms with Crippen molar-refractivity contribution in [1.29, 1.82) is 0 Å². The molecule has 0 aliphatic heterocycles. The van der Waals surface area contributed by atoms with E-state index >= 15 is 0 Å². The number of nitrogens with two attached hydrogens (primary N) is 1. The molecule has 0 aromatic carbocycles. The first-order chi connectivity index (χ1) is 6.20. The zero-order valence-corrected chi connectivity index (χ0v) is 7.43. The van der Waals surface area contributed by atoms with E-state index in [0.717, 1.165) is 5.69 Å². The third-order valence-corrected chi connectivity index (χ3v) is 1.53. The standard InChI is InChI=1S/C9H12N2O2/c1-7(12)13-6-8(10)9-4-2-3-5-11-9/h2-5,8H,6,10H2,1H3/t8-/m1/s1. The van der Waals surface area contributed by atoms with Crippen molar-refractivity contribution in [3.05, 3.63) is 30.1 Å². The van der Waals surface area contributed by atoms with Crippen LogP contribution < -0.4 is 5.73 Å². The van der Waals surface area contributed by atoms with Crippen LogP contribution in [0.5, 0.6) is 0 Å². The van der Waals surface area contributed by atoms with Crippen molar-refractivity contribution < 1.29 is 9.53 Å². The molecule has 13 heavy (non-hydrogen) atoms. The van der Waals surface area contributed by atoms with Gasteiger partial charge in [-0.2, -0.15) is 0 Å². The van der Waals surface area contributed by atoms with Crippen LogP contribution in [0.3, 0.4) is 0 Å². The van der Waals surface area contributed by atoms with Gasteiger partial charge < -0.3 is 10.5 Å². The maximum absolute atomic E-state index is 10.5. The normalized spacial score (nSPS) is 12.2. The summed E-state index contributed by atoms with van der Waals surface area (Å²) >= 11 is 0. The van der Waals surface area contributed by atoms with E-state index in [9.17, 15) is 4.79 Å². The molecule has 1 atom stereocenters. The second-order valence-corrected chi connectivity index (χ2v) is 2.66. The Morgan fingerprint density at radius 1 is 1.69 bits per heavy atom. The maximum Gasteiger partial charge on any atom is 0.302 e. The molecule has 0 amide bonds. The third kappa shape index (κ3) is 3.21. The first kappa shape index (κ1) is 9.67. The number of carbonyl (C=O) groups is 1. The quantitative estimate of drug-likeness (QED) is 0.693. The van der Waals surface area contributed by atoms with Gasteiger partial charge in [-0.1, -0.05) is 6.07 Å². The predicted molar refractivity (Wildman–Crippen MR) is 47.8 cm³/mol. The van der Waals surface area contributed by atoms with Gasteiger partial charge in [-0.25, -0.2) is 0 Å². The number of pyridine rings is 1. The highest BCUT2D eigenvalue weighted by molar-refractivity contribution is 5.65. The number of hydrogen-bond donors (Lipinski definition) is 1. The van der Waals surface area contributed by atoms with Crippen LogP contribution in [0.2, 0.25) is 0 Å². The number of carbonyl (C=O) groups excluding carboxylic acids is 1. The Balaban J connectivity index is 2.49. The fourth-order valence-corrected chi connectivity index (χ4v) is 0.888. The largest absolute Gasteiger partial charge is 0.464 e. The van der Waals surface area contributed by atoms with E-state index in [1.54, 1.807) is 12.3 Å². The van der Waals surface area contributed by atoms with Crippen molar-refractivity contribution >= 4 is 5.97 Å². The fraction of sp³-hybridized carbons (Fsp3) is 0.333. The molecule has 4 nitrogen and oxygen atoms in total. The summed E-state index contributed by atoms with van der Waals surface area (Å²) in [6.07, 6.45) is 1.66. The molecule has 1 rings (SSSR count). The highest BCUT2D eigenvalue weighted by Crippen LogP contribution is 2.05. The molecular weight excluding hydrogens is 168 g/mol. The Labute approximate surface area is 76.7 Å². The Hall–Kier alpha value is -1.42. The Kier molecular flexibility index (Phi) is 3.40. The molecule has 0 saturated carbocycles. The number of esters is 1. The smallest absolute Gasteiger partial charge is 0.302 e. The van der Waals surface area contributed by atoms with Gasteiger partial charge in [0.05, 0.1) is 11.7 Å². The van der Waals surface area contributed by atoms with Crippen molar-refractivity contribution in [3.63, 3.8) is 0 Å². The molecule has 0 saturated heterocycles. The summed E-state index contributed by atoms with van der Waals surface area (Å²) in [7, 11) is 0. The topological polar surface area (TPSA) is 65.2 Å². The van der Waals surface area contributed by atoms with Gasteiger partial charge in [-0.15, -0.1) is 0 Å². The lowest BCUT2D eigenvalue weighted by Crippen LogP contribution is -2.19. The van der Waals surface area contributed by atoms with Crippen LogP contribution in [-0.2, 0) is 9.53 Å². The highest BCUT2D eigenvalue weighted by atomic mass is 16.5. The fourth-order valence-electron chi connectivity index (χ4n) is 0.888. The molecule has 0 bridgehead atoms. The van der Waals surface area contributed by atoms with E-state index in [1.807, 2.05) is 12.1 Å². The van der Waals surface area contributed by atoms with Crippen LogP contribution in [0, 0.1) is 0 Å². The van der Waals surface area contributed by atoms with E-state index in [2.05, 4.69) is 4.98 Å². The SMILES string of the molecule is CC(=O)OC[C@@H](N)c1ccccn1. The van der Waals surface area contributed by atoms with Crippen molar-refractivity contribution in [2.45, 2.75) is 13.0 Å². The van der Waals surface area contributed by atoms with Crippen molar-refractivity contribution in [2.75, 3.05) is 6.61 Å². The van der Waals surface area contributed by atoms with Gasteiger partial charge >= 0.3 is 5.97 Å². The van der Waals surface area contributed by atoms with Crippen molar-refractivity contribution in [2.24, 2.45) is 5.73 Å². The average Bonchev–Trinajstić information content (AvgIpc) is 2.15. The van der Waals surface area contributed by atoms with E-state index in [0.29, 0.717) is 0 Å². The molecule has 70 valence electrons. The number of rotatable bonds is 3. The summed E-state index contributed by atoms with van der Waals surface area (Å²) in [5, 5.41) is 0. The minimum Gasteiger partial charge on any atom is -0.464 e. The number of aromatic nitrogens is 1. The lowest BCUT2D eigenvalue weighted by atomic mass is 10.2. The zero-order valence-electron chi connectivity index (χ0n) is 7.43. The van der Waals surface area contributed by atoms with E-state index in [1.165, 1.54) is 6.92 Å². The van der Waals surface area contributed by atoms with Gasteiger partial charge in [0.25, 0.3) is 0 Å². The van der Waals surface area contributed by atoms with Crippen molar-refractivity contribution in [3.8, 4) is 0 Å². The monoisotopic (exact) mass is 180 g/mol. The zero-order chi connectivity index (χ0) is 9.68. The molecule has 0 aliphatic rings. The third-order valence-electron chi connectivity index (χ3n) is 1.53. The summed E-state index contributed by atoms with van der Waals surface area (Å²) < 4.78 is 4.75. The maximum atomic E-state index is 10.5. The number of hydrogen-bond acceptors (Lipinski definition) is 4. The van der Waals surface area contributed by atoms with Crippen LogP contribution in [0.25, 0.3) is 0 Å². The second kappa shape index (κ2) is 4.57. The average molecular weight is 180 g/mol. The molecule has 1 aromatic rings. The van der Waals surface area contributed by atoms with Crippen molar-refractivity contribution in [1.82, 2.24) is 4.98 Å². The lowest BCUT2D eigenvalue weighted by molar-refractivity contribution is -0.141. The molecule has 0 unspecified atom stereocenters. The minimum absolute atomic E-state index is 0.173. The van der Waals surface area contributed by atoms with E-state index in [4.69, 9.17) is 10.5 Å². The van der Waals surface area contributed by atoms with Crippen LogP contribution in [-0.4, -0.2) is 17.6 Å². The summed E-state index contributed by atoms with van der Waals surface area (Å²) in [6.45, 7) is 1.53. The van der Waals surface area contributed by atoms with Crippen LogP contribution >= 0.6 is 0 Å². The van der Waals surface area contributed by atoms with E-state index < -0.39 is 0 Å². The first-order valence-electron chi connectivity index (χ1n) is 4.00. The summed E-state index contributed by atoms with van der Waals surface area (Å²) in [6, 6.07) is 5.11. The molecule has 1 heterocycles. The predicted octanol–water partition coefficient (Wildman–Crippen LogP) is 0.644. The van der Waals surface area contributed by atoms with Gasteiger partial charge in [0.2, 0.25) is 0 Å². The molecule has 4 heteroatoms. The number of nitrogens with zero attached hydrogens (tertiary/aromatic N) is 1. The van der Waals surface area contributed by atoms with Gasteiger partial charge in [-0.3, -0.25) is 9.78 Å². The molecule has 0 spiro atoms. The molecule has 0 radical (unpaired) electrons. The molecule has 0 fully saturated rings. The van der Waals surface area contributed by atoms with Gasteiger partial charge in [0.15, 0.2) is 0 Å². The lowest BCUT2D eigenvalue weighted by Gasteiger charge is -2.09. The van der Waals surface area contributed by atoms with E-state index in [-0.39, 0.29) is 18.6 Å². The summed E-state index contributed by atoms with van der Waals surface area (Å²) in [4.78, 5) is 14.5. The summed E-state index contributed by atoms with van der Waals surface area (Å²) in [5.74, 6) is -0.327. The first-order valence-corrected chi connectivity index (χ1v) is 4.00. The summed E-state index contributed by atoms with van der Waals surface area (Å²) in [5.41, 5.74) is 6.43. The van der Waals surface area contributed by atoms with Gasteiger partial charge in [0.1, 0.15) is 6.61 Å². The van der Waals surface area contributed by atoms with Gasteiger partial charge in [0, 0.05) is 13.1 Å². The Morgan fingerprint density at radius 2 is 2.46 bits per heavy atom. The highest BCUT2D eigenvalue weighted by Gasteiger charge is 2.07. The Bertz CT molecular complexity index is 274. The molecular formula is C9H12N2O2. The second-order valence-electron chi connectivity index (χ2n) is 2.66. The van der Waals surface area contributed by atoms with Crippen LogP contribution in [0.15, 0.2) is 24.4 Å². The molecule has 1 aromatic heterocycles. The minimum atomic E-state index is -0.343. The number of ether oxygens (including phenoxy) is 1. The molecule has 0 aliphatic carbocycles. The van der Waals surface area contributed by atoms with Gasteiger partial charge in [-0.05, 0) is 12.1 Å². The molecule has 2 N–H and O–H groups in total. The Morgan fingerprint density at radius 3 is 3.00 bits per heavy atom. The van der Waals surface area contributed by atoms with Crippen LogP contribution in [0.4, 0.5) is 0 Å². The van der Waals surface area contributed by atoms with Crippen LogP contribution in [0.1, 0.15) is 18.7 Å².